The molecule has 0 aliphatic heterocycles. The third-order valence-electron chi connectivity index (χ3n) is 5.53. The fourth-order valence-electron chi connectivity index (χ4n) is 3.54. The second kappa shape index (κ2) is 10.4. The fourth-order valence-corrected chi connectivity index (χ4v) is 3.54. The topological polar surface area (TPSA) is 53.9 Å². The van der Waals surface area contributed by atoms with Gasteiger partial charge in [0.2, 0.25) is 0 Å². The summed E-state index contributed by atoms with van der Waals surface area (Å²) in [7, 11) is 0. The van der Waals surface area contributed by atoms with Crippen LogP contribution in [0.25, 0.3) is 27.4 Å². The summed E-state index contributed by atoms with van der Waals surface area (Å²) in [6.07, 6.45) is 0. The molecule has 0 unspecified atom stereocenters. The molecule has 4 aromatic rings. The molecule has 0 radical (unpaired) electrons. The zero-order valence-electron chi connectivity index (χ0n) is 18.7. The Hall–Kier alpha value is -3.87. The van der Waals surface area contributed by atoms with Crippen LogP contribution in [-0.4, -0.2) is 9.97 Å². The molecule has 2 heterocycles. The van der Waals surface area contributed by atoms with Gasteiger partial charge in [-0.15, -0.1) is 29.8 Å². The SMILES string of the molecule is [C-]#[N+]c1c(F)c[c-]c(-c2cccc(C(C)(C)c3cccc(-c4[c-]cc(F)c(C#N)c4F)n3)n2)c1F.[Pt+2]. The maximum atomic E-state index is 14.7. The van der Waals surface area contributed by atoms with Crippen LogP contribution in [0.4, 0.5) is 23.2 Å². The van der Waals surface area contributed by atoms with Crippen molar-refractivity contribution in [1.29, 1.82) is 5.26 Å². The van der Waals surface area contributed by atoms with Crippen molar-refractivity contribution in [2.45, 2.75) is 19.3 Å². The minimum atomic E-state index is -1.06. The number of hydrogen-bond acceptors (Lipinski definition) is 3. The number of aromatic nitrogens is 2. The number of hydrogen-bond donors (Lipinski definition) is 0. The maximum Gasteiger partial charge on any atom is 2.00 e. The number of pyridine rings is 2. The van der Waals surface area contributed by atoms with Crippen molar-refractivity contribution in [2.75, 3.05) is 0 Å². The summed E-state index contributed by atoms with van der Waals surface area (Å²) < 4.78 is 56.9. The molecule has 9 heteroatoms. The Balaban J connectivity index is 0.00000361. The first-order chi connectivity index (χ1) is 16.7. The van der Waals surface area contributed by atoms with Crippen LogP contribution in [0.15, 0.2) is 48.5 Å². The van der Waals surface area contributed by atoms with Crippen LogP contribution < -0.4 is 0 Å². The third kappa shape index (κ3) is 4.65. The molecule has 4 rings (SSSR count). The summed E-state index contributed by atoms with van der Waals surface area (Å²) in [6, 6.07) is 17.9. The van der Waals surface area contributed by atoms with Crippen LogP contribution in [0.5, 0.6) is 0 Å². The molecule has 0 saturated carbocycles. The molecule has 0 atom stereocenters. The van der Waals surface area contributed by atoms with Crippen molar-refractivity contribution in [2.24, 2.45) is 0 Å². The van der Waals surface area contributed by atoms with Crippen LogP contribution in [-0.2, 0) is 26.5 Å². The van der Waals surface area contributed by atoms with Gasteiger partial charge in [-0.1, -0.05) is 29.8 Å². The van der Waals surface area contributed by atoms with Crippen molar-refractivity contribution >= 4 is 5.69 Å². The van der Waals surface area contributed by atoms with Crippen LogP contribution in [0.1, 0.15) is 30.8 Å². The molecular formula is C27H14F4N4Pt. The van der Waals surface area contributed by atoms with Crippen molar-refractivity contribution in [3.63, 3.8) is 0 Å². The average molecular weight is 666 g/mol. The first kappa shape index (κ1) is 26.7. The summed E-state index contributed by atoms with van der Waals surface area (Å²) in [6.45, 7) is 10.6. The van der Waals surface area contributed by atoms with E-state index in [4.69, 9.17) is 11.8 Å². The van der Waals surface area contributed by atoms with Gasteiger partial charge in [0.05, 0.1) is 24.3 Å². The normalized spacial score (nSPS) is 10.8. The smallest absolute Gasteiger partial charge is 0.300 e. The minimum absolute atomic E-state index is 0. The van der Waals surface area contributed by atoms with Gasteiger partial charge in [0, 0.05) is 34.0 Å². The van der Waals surface area contributed by atoms with Gasteiger partial charge < -0.3 is 9.97 Å². The van der Waals surface area contributed by atoms with Crippen molar-refractivity contribution in [1.82, 2.24) is 9.97 Å². The Labute approximate surface area is 219 Å². The van der Waals surface area contributed by atoms with Gasteiger partial charge in [-0.25, -0.2) is 0 Å². The van der Waals surface area contributed by atoms with Gasteiger partial charge in [0.1, 0.15) is 0 Å². The molecule has 2 aromatic carbocycles. The second-order valence-electron chi connectivity index (χ2n) is 8.04. The summed E-state index contributed by atoms with van der Waals surface area (Å²) in [4.78, 5) is 11.9. The summed E-state index contributed by atoms with van der Waals surface area (Å²) in [5.74, 6) is -4.15. The zero-order chi connectivity index (χ0) is 25.3. The van der Waals surface area contributed by atoms with Crippen LogP contribution in [0, 0.1) is 53.3 Å². The van der Waals surface area contributed by atoms with Gasteiger partial charge in [0.25, 0.3) is 0 Å². The molecule has 0 N–H and O–H groups in total. The molecule has 0 bridgehead atoms. The van der Waals surface area contributed by atoms with Gasteiger partial charge in [-0.3, -0.25) is 22.4 Å². The van der Waals surface area contributed by atoms with E-state index in [1.165, 1.54) is 18.2 Å². The van der Waals surface area contributed by atoms with E-state index in [-0.39, 0.29) is 43.6 Å². The molecule has 0 spiro atoms. The minimum Gasteiger partial charge on any atom is -0.300 e. The molecule has 180 valence electrons. The molecule has 0 saturated heterocycles. The molecule has 4 nitrogen and oxygen atoms in total. The summed E-state index contributed by atoms with van der Waals surface area (Å²) in [5.41, 5.74) is -1.44. The number of nitrogens with zero attached hydrogens (tertiary/aromatic N) is 4. The van der Waals surface area contributed by atoms with Gasteiger partial charge in [0.15, 0.2) is 5.69 Å². The van der Waals surface area contributed by atoms with Crippen LogP contribution >= 0.6 is 0 Å². The number of nitriles is 1. The monoisotopic (exact) mass is 665 g/mol. The average Bonchev–Trinajstić information content (AvgIpc) is 2.85. The second-order valence-corrected chi connectivity index (χ2v) is 8.04. The number of rotatable bonds is 4. The Morgan fingerprint density at radius 2 is 1.36 bits per heavy atom. The van der Waals surface area contributed by atoms with E-state index in [9.17, 15) is 17.6 Å². The van der Waals surface area contributed by atoms with Gasteiger partial charge in [-0.05, 0) is 37.4 Å². The van der Waals surface area contributed by atoms with Crippen molar-refractivity contribution in [3.05, 3.63) is 112 Å². The molecule has 2 aromatic heterocycles. The van der Waals surface area contributed by atoms with E-state index < -0.39 is 39.9 Å². The molecule has 0 aliphatic rings. The largest absolute Gasteiger partial charge is 2.00 e. The predicted octanol–water partition coefficient (Wildman–Crippen LogP) is 6.71. The van der Waals surface area contributed by atoms with Crippen molar-refractivity contribution in [3.8, 4) is 28.6 Å². The molecule has 0 fully saturated rings. The van der Waals surface area contributed by atoms with Gasteiger partial charge in [-0.2, -0.15) is 5.26 Å². The Bertz CT molecular complexity index is 1440. The molecule has 0 aliphatic carbocycles. The zero-order valence-corrected chi connectivity index (χ0v) is 21.0. The Kier molecular flexibility index (Phi) is 7.72. The molecule has 0 amide bonds. The van der Waals surface area contributed by atoms with Crippen LogP contribution in [0.3, 0.4) is 0 Å². The number of benzene rings is 2. The summed E-state index contributed by atoms with van der Waals surface area (Å²) in [5, 5.41) is 9.05. The first-order valence-electron chi connectivity index (χ1n) is 10.2. The van der Waals surface area contributed by atoms with Crippen molar-refractivity contribution < 1.29 is 38.6 Å². The quantitative estimate of drug-likeness (QED) is 0.180. The standard InChI is InChI=1S/C27H14F4N4.Pt/c1-27(2,22-8-4-6-20(34-22)15-10-12-18(28)17(14-32)24(15)30)23-9-5-7-21(35-23)16-11-13-19(29)26(33-3)25(16)31;/h4-9,12-13H,1-2H3;/q-2;+2. The number of halogens is 4. The van der Waals surface area contributed by atoms with E-state index >= 15 is 0 Å². The molecule has 36 heavy (non-hydrogen) atoms. The first-order valence-corrected chi connectivity index (χ1v) is 10.2. The van der Waals surface area contributed by atoms with E-state index in [0.29, 0.717) is 11.4 Å². The third-order valence-corrected chi connectivity index (χ3v) is 5.53. The van der Waals surface area contributed by atoms with E-state index in [1.54, 1.807) is 38.1 Å². The summed E-state index contributed by atoms with van der Waals surface area (Å²) >= 11 is 0. The van der Waals surface area contributed by atoms with Crippen LogP contribution in [0.2, 0.25) is 0 Å². The van der Waals surface area contributed by atoms with Gasteiger partial charge >= 0.3 is 21.1 Å². The Morgan fingerprint density at radius 1 is 0.861 bits per heavy atom. The van der Waals surface area contributed by atoms with E-state index in [2.05, 4.69) is 26.9 Å². The van der Waals surface area contributed by atoms with E-state index in [0.717, 1.165) is 12.1 Å². The van der Waals surface area contributed by atoms with E-state index in [1.807, 2.05) is 0 Å². The predicted molar refractivity (Wildman–Crippen MR) is 120 cm³/mol. The fraction of sp³-hybridized carbons (Fsp3) is 0.111. The Morgan fingerprint density at radius 3 is 1.86 bits per heavy atom. The maximum absolute atomic E-state index is 14.7. The molecular weight excluding hydrogens is 651 g/mol.